The van der Waals surface area contributed by atoms with Gasteiger partial charge in [-0.3, -0.25) is 4.98 Å². The average molecular weight is 331 g/mol. The molecule has 0 amide bonds. The van der Waals surface area contributed by atoms with E-state index in [1.807, 2.05) is 12.1 Å². The van der Waals surface area contributed by atoms with E-state index in [9.17, 15) is 4.39 Å². The van der Waals surface area contributed by atoms with Crippen LogP contribution in [0.15, 0.2) is 45.5 Å². The van der Waals surface area contributed by atoms with Crippen LogP contribution < -0.4 is 0 Å². The second-order valence-electron chi connectivity index (χ2n) is 2.99. The molecule has 0 N–H and O–H groups in total. The van der Waals surface area contributed by atoms with Crippen molar-refractivity contribution in [2.24, 2.45) is 0 Å². The smallest absolute Gasteiger partial charge is 0.123 e. The van der Waals surface area contributed by atoms with E-state index in [4.69, 9.17) is 0 Å². The monoisotopic (exact) mass is 329 g/mol. The molecule has 0 saturated heterocycles. The number of benzene rings is 1. The number of nitrogens with zero attached hydrogens (tertiary/aromatic N) is 1. The largest absolute Gasteiger partial charge is 0.255 e. The van der Waals surface area contributed by atoms with E-state index in [2.05, 4.69) is 36.8 Å². The van der Waals surface area contributed by atoms with E-state index in [0.29, 0.717) is 0 Å². The molecule has 2 rings (SSSR count). The van der Waals surface area contributed by atoms with Crippen molar-refractivity contribution in [3.8, 4) is 11.3 Å². The van der Waals surface area contributed by atoms with Crippen molar-refractivity contribution in [1.82, 2.24) is 4.98 Å². The summed E-state index contributed by atoms with van der Waals surface area (Å²) in [6, 6.07) is 8.22. The second-order valence-corrected chi connectivity index (χ2v) is 4.70. The van der Waals surface area contributed by atoms with Crippen molar-refractivity contribution in [2.75, 3.05) is 0 Å². The molecular weight excluding hydrogens is 325 g/mol. The minimum absolute atomic E-state index is 0.256. The van der Waals surface area contributed by atoms with Gasteiger partial charge in [0.25, 0.3) is 0 Å². The van der Waals surface area contributed by atoms with Gasteiger partial charge in [-0.25, -0.2) is 4.39 Å². The van der Waals surface area contributed by atoms with Gasteiger partial charge in [-0.05, 0) is 50.1 Å². The Hall–Kier alpha value is -0.740. The Morgan fingerprint density at radius 2 is 1.87 bits per heavy atom. The first-order valence-corrected chi connectivity index (χ1v) is 5.82. The maximum atomic E-state index is 13.0. The van der Waals surface area contributed by atoms with Crippen LogP contribution in [0.4, 0.5) is 4.39 Å². The number of pyridine rings is 1. The lowest BCUT2D eigenvalue weighted by atomic mass is 10.1. The number of aromatic nitrogens is 1. The topological polar surface area (TPSA) is 12.9 Å². The maximum absolute atomic E-state index is 13.0. The van der Waals surface area contributed by atoms with E-state index in [1.165, 1.54) is 12.1 Å². The standard InChI is InChI=1S/C11H6Br2FN/c12-9-5-11(15-6-10(9)13)7-2-1-3-8(14)4-7/h1-6H. The molecule has 1 nitrogen and oxygen atoms in total. The van der Waals surface area contributed by atoms with Crippen LogP contribution >= 0.6 is 31.9 Å². The van der Waals surface area contributed by atoms with E-state index in [1.54, 1.807) is 12.3 Å². The SMILES string of the molecule is Fc1cccc(-c2cc(Br)c(Br)cn2)c1. The zero-order valence-corrected chi connectivity index (χ0v) is 10.7. The van der Waals surface area contributed by atoms with Crippen molar-refractivity contribution in [3.05, 3.63) is 51.3 Å². The molecule has 0 atom stereocenters. The van der Waals surface area contributed by atoms with Crippen LogP contribution in [0.1, 0.15) is 0 Å². The van der Waals surface area contributed by atoms with Crippen molar-refractivity contribution in [1.29, 1.82) is 0 Å². The van der Waals surface area contributed by atoms with E-state index >= 15 is 0 Å². The fourth-order valence-electron chi connectivity index (χ4n) is 1.22. The van der Waals surface area contributed by atoms with Crippen molar-refractivity contribution < 1.29 is 4.39 Å². The van der Waals surface area contributed by atoms with Crippen molar-refractivity contribution in [3.63, 3.8) is 0 Å². The highest BCUT2D eigenvalue weighted by molar-refractivity contribution is 9.13. The molecule has 0 aliphatic rings. The molecule has 1 heterocycles. The summed E-state index contributed by atoms with van der Waals surface area (Å²) in [5.74, 6) is -0.256. The third-order valence-electron chi connectivity index (χ3n) is 1.93. The van der Waals surface area contributed by atoms with Crippen LogP contribution in [-0.2, 0) is 0 Å². The molecule has 1 aromatic heterocycles. The molecule has 0 fully saturated rings. The summed E-state index contributed by atoms with van der Waals surface area (Å²) in [4.78, 5) is 4.21. The molecule has 4 heteroatoms. The normalized spacial score (nSPS) is 10.3. The predicted octanol–water partition coefficient (Wildman–Crippen LogP) is 4.41. The number of halogens is 3. The van der Waals surface area contributed by atoms with Gasteiger partial charge < -0.3 is 0 Å². The minimum atomic E-state index is -0.256. The number of rotatable bonds is 1. The van der Waals surface area contributed by atoms with Crippen LogP contribution in [0.2, 0.25) is 0 Å². The molecule has 76 valence electrons. The fraction of sp³-hybridized carbons (Fsp3) is 0. The Morgan fingerprint density at radius 1 is 1.07 bits per heavy atom. The second kappa shape index (κ2) is 4.41. The summed E-state index contributed by atoms with van der Waals surface area (Å²) < 4.78 is 14.8. The minimum Gasteiger partial charge on any atom is -0.255 e. The quantitative estimate of drug-likeness (QED) is 0.754. The van der Waals surface area contributed by atoms with Gasteiger partial charge in [0.15, 0.2) is 0 Å². The molecule has 0 radical (unpaired) electrons. The molecule has 1 aromatic carbocycles. The molecule has 15 heavy (non-hydrogen) atoms. The van der Waals surface area contributed by atoms with Crippen LogP contribution in [-0.4, -0.2) is 4.98 Å². The highest BCUT2D eigenvalue weighted by Gasteiger charge is 2.03. The van der Waals surface area contributed by atoms with Gasteiger partial charge in [-0.15, -0.1) is 0 Å². The van der Waals surface area contributed by atoms with Crippen molar-refractivity contribution in [2.45, 2.75) is 0 Å². The van der Waals surface area contributed by atoms with E-state index < -0.39 is 0 Å². The predicted molar refractivity (Wildman–Crippen MR) is 65.0 cm³/mol. The van der Waals surface area contributed by atoms with Gasteiger partial charge in [0.2, 0.25) is 0 Å². The molecular formula is C11H6Br2FN. The highest BCUT2D eigenvalue weighted by atomic mass is 79.9. The number of hydrogen-bond donors (Lipinski definition) is 0. The lowest BCUT2D eigenvalue weighted by Crippen LogP contribution is -1.85. The van der Waals surface area contributed by atoms with E-state index in [-0.39, 0.29) is 5.82 Å². The Balaban J connectivity index is 2.50. The zero-order chi connectivity index (χ0) is 10.8. The summed E-state index contributed by atoms with van der Waals surface area (Å²) in [5.41, 5.74) is 1.51. The molecule has 0 aliphatic carbocycles. The first-order chi connectivity index (χ1) is 7.16. The summed E-state index contributed by atoms with van der Waals surface area (Å²) in [7, 11) is 0. The molecule has 0 spiro atoms. The third kappa shape index (κ3) is 2.44. The van der Waals surface area contributed by atoms with Crippen LogP contribution in [0, 0.1) is 5.82 Å². The average Bonchev–Trinajstić information content (AvgIpc) is 2.22. The molecule has 2 aromatic rings. The lowest BCUT2D eigenvalue weighted by molar-refractivity contribution is 0.628. The van der Waals surface area contributed by atoms with Gasteiger partial charge in [-0.1, -0.05) is 12.1 Å². The first-order valence-electron chi connectivity index (χ1n) is 4.24. The molecule has 0 unspecified atom stereocenters. The summed E-state index contributed by atoms with van der Waals surface area (Å²) in [6.07, 6.45) is 1.68. The van der Waals surface area contributed by atoms with E-state index in [0.717, 1.165) is 20.2 Å². The summed E-state index contributed by atoms with van der Waals surface area (Å²) in [6.45, 7) is 0. The van der Waals surface area contributed by atoms with Gasteiger partial charge in [0, 0.05) is 16.2 Å². The van der Waals surface area contributed by atoms with Gasteiger partial charge in [-0.2, -0.15) is 0 Å². The van der Waals surface area contributed by atoms with Gasteiger partial charge in [0.05, 0.1) is 10.2 Å². The molecule has 0 aliphatic heterocycles. The number of hydrogen-bond acceptors (Lipinski definition) is 1. The fourth-order valence-corrected chi connectivity index (χ4v) is 1.76. The Morgan fingerprint density at radius 3 is 2.53 bits per heavy atom. The summed E-state index contributed by atoms with van der Waals surface area (Å²) in [5, 5.41) is 0. The first kappa shape index (κ1) is 10.8. The van der Waals surface area contributed by atoms with Crippen LogP contribution in [0.25, 0.3) is 11.3 Å². The Labute approximate surface area is 104 Å². The van der Waals surface area contributed by atoms with Gasteiger partial charge >= 0.3 is 0 Å². The van der Waals surface area contributed by atoms with Crippen molar-refractivity contribution >= 4 is 31.9 Å². The van der Waals surface area contributed by atoms with Crippen LogP contribution in [0.5, 0.6) is 0 Å². The Kier molecular flexibility index (Phi) is 3.17. The third-order valence-corrected chi connectivity index (χ3v) is 3.75. The molecule has 0 saturated carbocycles. The zero-order valence-electron chi connectivity index (χ0n) is 7.55. The molecule has 0 bridgehead atoms. The lowest BCUT2D eigenvalue weighted by Gasteiger charge is -2.02. The van der Waals surface area contributed by atoms with Crippen LogP contribution in [0.3, 0.4) is 0 Å². The highest BCUT2D eigenvalue weighted by Crippen LogP contribution is 2.27. The Bertz CT molecular complexity index is 500. The van der Waals surface area contributed by atoms with Gasteiger partial charge in [0.1, 0.15) is 5.82 Å². The summed E-state index contributed by atoms with van der Waals surface area (Å²) >= 11 is 6.71. The maximum Gasteiger partial charge on any atom is 0.123 e.